The largest absolute Gasteiger partial charge is 0.103 e. The first-order valence-electron chi connectivity index (χ1n) is 6.84. The fourth-order valence-electron chi connectivity index (χ4n) is 3.44. The fourth-order valence-corrected chi connectivity index (χ4v) is 3.80. The van der Waals surface area contributed by atoms with E-state index in [1.54, 1.807) is 0 Å². The SMILES string of the molecule is C=CCC1(CC=C)c2ccccc2-c2ccc(Br)cc21. The minimum atomic E-state index is -0.0147. The van der Waals surface area contributed by atoms with Crippen LogP contribution in [0.1, 0.15) is 24.0 Å². The van der Waals surface area contributed by atoms with Crippen molar-refractivity contribution in [2.45, 2.75) is 18.3 Å². The van der Waals surface area contributed by atoms with Crippen LogP contribution in [0.4, 0.5) is 0 Å². The molecule has 1 aliphatic rings. The van der Waals surface area contributed by atoms with Crippen molar-refractivity contribution < 1.29 is 0 Å². The van der Waals surface area contributed by atoms with Crippen molar-refractivity contribution in [1.82, 2.24) is 0 Å². The van der Waals surface area contributed by atoms with Crippen molar-refractivity contribution in [3.63, 3.8) is 0 Å². The molecule has 0 radical (unpaired) electrons. The molecule has 0 saturated carbocycles. The molecule has 1 aliphatic carbocycles. The van der Waals surface area contributed by atoms with E-state index in [9.17, 15) is 0 Å². The molecule has 0 heterocycles. The number of hydrogen-bond donors (Lipinski definition) is 0. The summed E-state index contributed by atoms with van der Waals surface area (Å²) in [6.07, 6.45) is 5.91. The summed E-state index contributed by atoms with van der Waals surface area (Å²) in [7, 11) is 0. The van der Waals surface area contributed by atoms with Gasteiger partial charge in [-0.25, -0.2) is 0 Å². The number of rotatable bonds is 4. The van der Waals surface area contributed by atoms with Crippen LogP contribution in [0.3, 0.4) is 0 Å². The first-order valence-corrected chi connectivity index (χ1v) is 7.64. The summed E-state index contributed by atoms with van der Waals surface area (Å²) in [6.45, 7) is 7.95. The normalized spacial score (nSPS) is 14.4. The Morgan fingerprint density at radius 3 is 2.25 bits per heavy atom. The average Bonchev–Trinajstić information content (AvgIpc) is 2.71. The highest BCUT2D eigenvalue weighted by Crippen LogP contribution is 2.53. The number of halogens is 1. The summed E-state index contributed by atoms with van der Waals surface area (Å²) in [4.78, 5) is 0. The van der Waals surface area contributed by atoms with Crippen molar-refractivity contribution >= 4 is 15.9 Å². The lowest BCUT2D eigenvalue weighted by Crippen LogP contribution is -2.23. The summed E-state index contributed by atoms with van der Waals surface area (Å²) in [5, 5.41) is 0. The van der Waals surface area contributed by atoms with Crippen molar-refractivity contribution in [3.05, 3.63) is 83.4 Å². The topological polar surface area (TPSA) is 0 Å². The smallest absolute Gasteiger partial charge is 0.0284 e. The molecule has 3 rings (SSSR count). The minimum Gasteiger partial charge on any atom is -0.103 e. The molecule has 0 bridgehead atoms. The van der Waals surface area contributed by atoms with Crippen LogP contribution in [-0.2, 0) is 5.41 Å². The van der Waals surface area contributed by atoms with E-state index in [0.717, 1.165) is 17.3 Å². The highest BCUT2D eigenvalue weighted by Gasteiger charge is 2.41. The van der Waals surface area contributed by atoms with Crippen LogP contribution in [0.25, 0.3) is 11.1 Å². The van der Waals surface area contributed by atoms with Gasteiger partial charge < -0.3 is 0 Å². The standard InChI is InChI=1S/C19H17Br/c1-3-11-19(12-4-2)17-8-6-5-7-15(17)16-10-9-14(20)13-18(16)19/h3-10,13H,1-2,11-12H2. The summed E-state index contributed by atoms with van der Waals surface area (Å²) < 4.78 is 1.13. The first kappa shape index (κ1) is 13.4. The molecule has 0 saturated heterocycles. The van der Waals surface area contributed by atoms with E-state index < -0.39 is 0 Å². The molecule has 0 atom stereocenters. The lowest BCUT2D eigenvalue weighted by atomic mass is 9.73. The van der Waals surface area contributed by atoms with E-state index in [0.29, 0.717) is 0 Å². The van der Waals surface area contributed by atoms with Gasteiger partial charge in [-0.2, -0.15) is 0 Å². The van der Waals surface area contributed by atoms with Crippen molar-refractivity contribution in [2.24, 2.45) is 0 Å². The fraction of sp³-hybridized carbons (Fsp3) is 0.158. The van der Waals surface area contributed by atoms with Gasteiger partial charge in [0.05, 0.1) is 0 Å². The molecule has 0 aliphatic heterocycles. The van der Waals surface area contributed by atoms with Crippen LogP contribution in [0, 0.1) is 0 Å². The minimum absolute atomic E-state index is 0.0147. The van der Waals surface area contributed by atoms with Crippen LogP contribution in [0.5, 0.6) is 0 Å². The summed E-state index contributed by atoms with van der Waals surface area (Å²) in [6, 6.07) is 15.3. The van der Waals surface area contributed by atoms with Crippen LogP contribution in [0.2, 0.25) is 0 Å². The Labute approximate surface area is 129 Å². The molecule has 0 aromatic heterocycles. The number of fused-ring (bicyclic) bond motifs is 3. The number of hydrogen-bond acceptors (Lipinski definition) is 0. The summed E-state index contributed by atoms with van der Waals surface area (Å²) in [5.74, 6) is 0. The van der Waals surface area contributed by atoms with E-state index in [4.69, 9.17) is 0 Å². The van der Waals surface area contributed by atoms with Gasteiger partial charge in [-0.1, -0.05) is 58.4 Å². The van der Waals surface area contributed by atoms with Crippen molar-refractivity contribution in [1.29, 1.82) is 0 Å². The zero-order valence-corrected chi connectivity index (χ0v) is 13.0. The maximum atomic E-state index is 3.97. The molecule has 0 nitrogen and oxygen atoms in total. The Kier molecular flexibility index (Phi) is 3.39. The Hall–Kier alpha value is -1.60. The summed E-state index contributed by atoms with van der Waals surface area (Å²) in [5.41, 5.74) is 5.45. The molecule has 20 heavy (non-hydrogen) atoms. The predicted molar refractivity (Wildman–Crippen MR) is 90.0 cm³/mol. The molecule has 2 aromatic rings. The predicted octanol–water partition coefficient (Wildman–Crippen LogP) is 5.87. The van der Waals surface area contributed by atoms with Gasteiger partial charge in [-0.05, 0) is 47.2 Å². The lowest BCUT2D eigenvalue weighted by Gasteiger charge is -2.30. The average molecular weight is 325 g/mol. The van der Waals surface area contributed by atoms with Crippen LogP contribution in [0.15, 0.2) is 72.2 Å². The van der Waals surface area contributed by atoms with Gasteiger partial charge in [0.25, 0.3) is 0 Å². The number of allylic oxidation sites excluding steroid dienone is 2. The second-order valence-corrected chi connectivity index (χ2v) is 6.22. The van der Waals surface area contributed by atoms with Gasteiger partial charge >= 0.3 is 0 Å². The highest BCUT2D eigenvalue weighted by molar-refractivity contribution is 9.10. The number of benzene rings is 2. The second-order valence-electron chi connectivity index (χ2n) is 5.30. The van der Waals surface area contributed by atoms with Crippen LogP contribution in [-0.4, -0.2) is 0 Å². The Morgan fingerprint density at radius 1 is 0.900 bits per heavy atom. The highest BCUT2D eigenvalue weighted by atomic mass is 79.9. The van der Waals surface area contributed by atoms with Gasteiger partial charge in [-0.3, -0.25) is 0 Å². The van der Waals surface area contributed by atoms with E-state index in [1.165, 1.54) is 22.3 Å². The van der Waals surface area contributed by atoms with Gasteiger partial charge in [-0.15, -0.1) is 13.2 Å². The third-order valence-electron chi connectivity index (χ3n) is 4.22. The molecule has 0 spiro atoms. The monoisotopic (exact) mass is 324 g/mol. The molecular weight excluding hydrogens is 308 g/mol. The van der Waals surface area contributed by atoms with Gasteiger partial charge in [0, 0.05) is 9.89 Å². The first-order chi connectivity index (χ1) is 9.73. The summed E-state index contributed by atoms with van der Waals surface area (Å²) >= 11 is 3.61. The van der Waals surface area contributed by atoms with Crippen LogP contribution >= 0.6 is 15.9 Å². The molecule has 0 unspecified atom stereocenters. The Balaban J connectivity index is 2.36. The molecule has 2 aromatic carbocycles. The maximum Gasteiger partial charge on any atom is 0.0284 e. The van der Waals surface area contributed by atoms with Crippen molar-refractivity contribution in [3.8, 4) is 11.1 Å². The molecule has 0 amide bonds. The van der Waals surface area contributed by atoms with E-state index >= 15 is 0 Å². The zero-order valence-electron chi connectivity index (χ0n) is 11.4. The van der Waals surface area contributed by atoms with E-state index in [-0.39, 0.29) is 5.41 Å². The maximum absolute atomic E-state index is 3.97. The van der Waals surface area contributed by atoms with Crippen molar-refractivity contribution in [2.75, 3.05) is 0 Å². The van der Waals surface area contributed by atoms with Gasteiger partial charge in [0.15, 0.2) is 0 Å². The third kappa shape index (κ3) is 1.81. The quantitative estimate of drug-likeness (QED) is 0.617. The van der Waals surface area contributed by atoms with Gasteiger partial charge in [0.1, 0.15) is 0 Å². The molecule has 1 heteroatoms. The Morgan fingerprint density at radius 2 is 1.55 bits per heavy atom. The third-order valence-corrected chi connectivity index (χ3v) is 4.71. The van der Waals surface area contributed by atoms with E-state index in [1.807, 2.05) is 12.2 Å². The molecule has 0 fully saturated rings. The van der Waals surface area contributed by atoms with Gasteiger partial charge in [0.2, 0.25) is 0 Å². The second kappa shape index (κ2) is 5.06. The van der Waals surface area contributed by atoms with E-state index in [2.05, 4.69) is 71.6 Å². The van der Waals surface area contributed by atoms with Crippen LogP contribution < -0.4 is 0 Å². The molecule has 0 N–H and O–H groups in total. The zero-order chi connectivity index (χ0) is 14.2. The lowest BCUT2D eigenvalue weighted by molar-refractivity contribution is 0.543. The molecule has 100 valence electrons. The Bertz CT molecular complexity index is 672. The molecular formula is C19H17Br.